The van der Waals surface area contributed by atoms with Gasteiger partial charge in [-0.2, -0.15) is 11.8 Å². The Balaban J connectivity index is 2.14. The Hall–Kier alpha value is -0.710. The van der Waals surface area contributed by atoms with Gasteiger partial charge in [0, 0.05) is 23.5 Å². The van der Waals surface area contributed by atoms with E-state index in [1.807, 2.05) is 6.92 Å². The average molecular weight is 217 g/mol. The number of aliphatic carboxylic acids is 1. The van der Waals surface area contributed by atoms with Gasteiger partial charge < -0.3 is 10.4 Å². The van der Waals surface area contributed by atoms with Gasteiger partial charge in [0.1, 0.15) is 0 Å². The highest BCUT2D eigenvalue weighted by molar-refractivity contribution is 7.99. The second-order valence-corrected chi connectivity index (χ2v) is 5.02. The van der Waals surface area contributed by atoms with Gasteiger partial charge >= 0.3 is 5.97 Å². The van der Waals surface area contributed by atoms with E-state index < -0.39 is 5.97 Å². The first-order valence-electron chi connectivity index (χ1n) is 4.70. The molecule has 0 saturated carbocycles. The van der Waals surface area contributed by atoms with Crippen molar-refractivity contribution < 1.29 is 14.7 Å². The average Bonchev–Trinajstić information content (AvgIpc) is 2.47. The summed E-state index contributed by atoms with van der Waals surface area (Å²) >= 11 is 1.61. The largest absolute Gasteiger partial charge is 0.481 e. The minimum absolute atomic E-state index is 0.112. The highest BCUT2D eigenvalue weighted by Crippen LogP contribution is 2.18. The lowest BCUT2D eigenvalue weighted by Crippen LogP contribution is -2.28. The maximum atomic E-state index is 10.9. The fraction of sp³-hybridized carbons (Fsp3) is 0.778. The number of carbonyl (C=O) groups is 2. The maximum Gasteiger partial charge on any atom is 0.304 e. The number of rotatable bonds is 5. The molecule has 1 aliphatic rings. The van der Waals surface area contributed by atoms with E-state index in [1.54, 1.807) is 11.8 Å². The molecule has 1 fully saturated rings. The molecular weight excluding hydrogens is 202 g/mol. The molecule has 5 heteroatoms. The summed E-state index contributed by atoms with van der Waals surface area (Å²) in [5.74, 6) is 0.169. The third kappa shape index (κ3) is 4.00. The van der Waals surface area contributed by atoms with E-state index in [1.165, 1.54) is 0 Å². The van der Waals surface area contributed by atoms with E-state index in [4.69, 9.17) is 5.11 Å². The van der Waals surface area contributed by atoms with Crippen LogP contribution >= 0.6 is 11.8 Å². The van der Waals surface area contributed by atoms with Crippen LogP contribution in [0.4, 0.5) is 0 Å². The van der Waals surface area contributed by atoms with Crippen LogP contribution < -0.4 is 5.32 Å². The number of hydrogen-bond acceptors (Lipinski definition) is 3. The summed E-state index contributed by atoms with van der Waals surface area (Å²) in [5.41, 5.74) is 0. The summed E-state index contributed by atoms with van der Waals surface area (Å²) in [5, 5.41) is 11.5. The number of carbonyl (C=O) groups excluding carboxylic acids is 1. The molecule has 1 heterocycles. The van der Waals surface area contributed by atoms with Crippen LogP contribution in [0.2, 0.25) is 0 Å². The van der Waals surface area contributed by atoms with E-state index >= 15 is 0 Å². The Morgan fingerprint density at radius 2 is 2.50 bits per heavy atom. The molecule has 0 radical (unpaired) electrons. The number of amides is 1. The zero-order valence-electron chi connectivity index (χ0n) is 8.16. The van der Waals surface area contributed by atoms with Crippen LogP contribution in [0.5, 0.6) is 0 Å². The monoisotopic (exact) mass is 217 g/mol. The van der Waals surface area contributed by atoms with Gasteiger partial charge in [-0.15, -0.1) is 0 Å². The highest BCUT2D eigenvalue weighted by atomic mass is 32.2. The van der Waals surface area contributed by atoms with Crippen LogP contribution in [-0.4, -0.2) is 34.0 Å². The zero-order chi connectivity index (χ0) is 10.6. The molecule has 0 aromatic heterocycles. The second-order valence-electron chi connectivity index (χ2n) is 3.54. The van der Waals surface area contributed by atoms with Crippen molar-refractivity contribution in [3.63, 3.8) is 0 Å². The lowest BCUT2D eigenvalue weighted by molar-refractivity contribution is -0.136. The predicted octanol–water partition coefficient (Wildman–Crippen LogP) is 0.861. The van der Waals surface area contributed by atoms with Gasteiger partial charge in [-0.05, 0) is 6.42 Å². The lowest BCUT2D eigenvalue weighted by Gasteiger charge is -2.12. The first-order chi connectivity index (χ1) is 6.58. The Morgan fingerprint density at radius 3 is 3.00 bits per heavy atom. The van der Waals surface area contributed by atoms with Crippen molar-refractivity contribution in [1.82, 2.24) is 5.32 Å². The fourth-order valence-electron chi connectivity index (χ4n) is 1.39. The van der Waals surface area contributed by atoms with E-state index in [0.29, 0.717) is 6.42 Å². The normalized spacial score (nSPS) is 23.2. The summed E-state index contributed by atoms with van der Waals surface area (Å²) in [7, 11) is 0. The first-order valence-corrected chi connectivity index (χ1v) is 5.75. The summed E-state index contributed by atoms with van der Waals surface area (Å²) < 4.78 is 0. The van der Waals surface area contributed by atoms with Gasteiger partial charge in [0.2, 0.25) is 5.91 Å². The Labute approximate surface area is 87.4 Å². The summed E-state index contributed by atoms with van der Waals surface area (Å²) in [6.07, 6.45) is 1.68. The maximum absolute atomic E-state index is 10.9. The molecule has 2 N–H and O–H groups in total. The molecule has 0 aromatic carbocycles. The molecule has 14 heavy (non-hydrogen) atoms. The number of carboxylic acids is 1. The van der Waals surface area contributed by atoms with Gasteiger partial charge in [0.15, 0.2) is 0 Å². The molecule has 1 saturated heterocycles. The van der Waals surface area contributed by atoms with Crippen molar-refractivity contribution >= 4 is 23.6 Å². The fourth-order valence-corrected chi connectivity index (χ4v) is 2.46. The molecular formula is C9H15NO3S. The van der Waals surface area contributed by atoms with Crippen LogP contribution in [0, 0.1) is 0 Å². The molecule has 0 spiro atoms. The molecule has 0 aliphatic carbocycles. The molecule has 2 unspecified atom stereocenters. The number of carboxylic acid groups (broad SMARTS) is 1. The van der Waals surface area contributed by atoms with Crippen LogP contribution in [0.15, 0.2) is 0 Å². The van der Waals surface area contributed by atoms with Gasteiger partial charge in [-0.3, -0.25) is 9.59 Å². The molecule has 4 nitrogen and oxygen atoms in total. The summed E-state index contributed by atoms with van der Waals surface area (Å²) in [6.45, 7) is 1.90. The number of hydrogen-bond donors (Lipinski definition) is 2. The molecule has 0 aromatic rings. The van der Waals surface area contributed by atoms with Gasteiger partial charge in [0.25, 0.3) is 0 Å². The number of nitrogens with one attached hydrogen (secondary N) is 1. The third-order valence-corrected chi connectivity index (χ3v) is 3.46. The van der Waals surface area contributed by atoms with E-state index in [0.717, 1.165) is 12.2 Å². The van der Waals surface area contributed by atoms with Crippen molar-refractivity contribution in [2.75, 3.05) is 5.75 Å². The molecule has 1 amide bonds. The zero-order valence-corrected chi connectivity index (χ0v) is 8.97. The van der Waals surface area contributed by atoms with Gasteiger partial charge in [0.05, 0.1) is 6.42 Å². The quantitative estimate of drug-likeness (QED) is 0.717. The van der Waals surface area contributed by atoms with E-state index in [-0.39, 0.29) is 23.6 Å². The van der Waals surface area contributed by atoms with Crippen LogP contribution in [-0.2, 0) is 9.59 Å². The van der Waals surface area contributed by atoms with Crippen molar-refractivity contribution in [1.29, 1.82) is 0 Å². The van der Waals surface area contributed by atoms with Crippen molar-refractivity contribution in [3.05, 3.63) is 0 Å². The van der Waals surface area contributed by atoms with E-state index in [2.05, 4.69) is 5.32 Å². The predicted molar refractivity (Wildman–Crippen MR) is 55.3 cm³/mol. The molecule has 1 aliphatic heterocycles. The second kappa shape index (κ2) is 5.24. The van der Waals surface area contributed by atoms with E-state index in [9.17, 15) is 9.59 Å². The van der Waals surface area contributed by atoms with Crippen LogP contribution in [0.3, 0.4) is 0 Å². The SMILES string of the molecule is CC(CC(=O)O)SCC1CCC(=O)N1. The minimum Gasteiger partial charge on any atom is -0.481 e. The standard InChI is InChI=1S/C9H15NO3S/c1-6(4-9(12)13)14-5-7-2-3-8(11)10-7/h6-7H,2-5H2,1H3,(H,10,11)(H,12,13). The van der Waals surface area contributed by atoms with Gasteiger partial charge in [-0.25, -0.2) is 0 Å². The van der Waals surface area contributed by atoms with Crippen molar-refractivity contribution in [2.45, 2.75) is 37.5 Å². The lowest BCUT2D eigenvalue weighted by atomic mass is 10.2. The summed E-state index contributed by atoms with van der Waals surface area (Å²) in [4.78, 5) is 21.2. The molecule has 1 rings (SSSR count). The molecule has 2 atom stereocenters. The number of thioether (sulfide) groups is 1. The Morgan fingerprint density at radius 1 is 1.79 bits per heavy atom. The minimum atomic E-state index is -0.763. The third-order valence-electron chi connectivity index (χ3n) is 2.13. The van der Waals surface area contributed by atoms with Crippen molar-refractivity contribution in [3.8, 4) is 0 Å². The Kier molecular flexibility index (Phi) is 4.25. The topological polar surface area (TPSA) is 66.4 Å². The highest BCUT2D eigenvalue weighted by Gasteiger charge is 2.21. The van der Waals surface area contributed by atoms with Crippen molar-refractivity contribution in [2.24, 2.45) is 0 Å². The van der Waals surface area contributed by atoms with Crippen LogP contribution in [0.1, 0.15) is 26.2 Å². The smallest absolute Gasteiger partial charge is 0.304 e. The van der Waals surface area contributed by atoms with Crippen LogP contribution in [0.25, 0.3) is 0 Å². The first kappa shape index (κ1) is 11.4. The molecule has 0 bridgehead atoms. The molecule has 80 valence electrons. The summed E-state index contributed by atoms with van der Waals surface area (Å²) in [6, 6.07) is 0.240. The van der Waals surface area contributed by atoms with Gasteiger partial charge in [-0.1, -0.05) is 6.92 Å². The Bertz CT molecular complexity index is 232.